The van der Waals surface area contributed by atoms with E-state index in [0.29, 0.717) is 5.41 Å². The molecule has 0 unspecified atom stereocenters. The van der Waals surface area contributed by atoms with Gasteiger partial charge in [0, 0.05) is 26.2 Å². The van der Waals surface area contributed by atoms with Gasteiger partial charge in [0.05, 0.1) is 6.61 Å². The molecule has 0 aromatic rings. The van der Waals surface area contributed by atoms with Crippen molar-refractivity contribution in [1.82, 2.24) is 10.2 Å². The van der Waals surface area contributed by atoms with Crippen molar-refractivity contribution in [3.8, 4) is 0 Å². The average Bonchev–Trinajstić information content (AvgIpc) is 2.38. The maximum atomic E-state index is 5.43. The number of rotatable bonds is 12. The first kappa shape index (κ1) is 17.9. The van der Waals surface area contributed by atoms with Crippen LogP contribution in [-0.4, -0.2) is 51.3 Å². The molecule has 0 aromatic heterocycles. The number of ether oxygens (including phenoxy) is 1. The Labute approximate surface area is 114 Å². The van der Waals surface area contributed by atoms with Crippen LogP contribution in [0.2, 0.25) is 0 Å². The molecule has 0 atom stereocenters. The summed E-state index contributed by atoms with van der Waals surface area (Å²) in [6.45, 7) is 15.0. The Morgan fingerprint density at radius 1 is 1.11 bits per heavy atom. The van der Waals surface area contributed by atoms with Gasteiger partial charge >= 0.3 is 0 Å². The van der Waals surface area contributed by atoms with Crippen LogP contribution < -0.4 is 5.32 Å². The lowest BCUT2D eigenvalue weighted by Gasteiger charge is -2.36. The van der Waals surface area contributed by atoms with Gasteiger partial charge in [-0.05, 0) is 45.2 Å². The Kier molecular flexibility index (Phi) is 10.7. The van der Waals surface area contributed by atoms with Crippen LogP contribution in [0.15, 0.2) is 0 Å². The van der Waals surface area contributed by atoms with E-state index < -0.39 is 0 Å². The van der Waals surface area contributed by atoms with Crippen molar-refractivity contribution in [2.24, 2.45) is 5.41 Å². The van der Waals surface area contributed by atoms with Crippen molar-refractivity contribution >= 4 is 0 Å². The Morgan fingerprint density at radius 3 is 2.28 bits per heavy atom. The highest BCUT2D eigenvalue weighted by atomic mass is 16.5. The molecule has 0 rings (SSSR count). The number of nitrogens with zero attached hydrogens (tertiary/aromatic N) is 1. The first-order chi connectivity index (χ1) is 8.64. The first-order valence-electron chi connectivity index (χ1n) is 7.61. The summed E-state index contributed by atoms with van der Waals surface area (Å²) in [6.07, 6.45) is 3.68. The lowest BCUT2D eigenvalue weighted by molar-refractivity contribution is 0.0951. The SMILES string of the molecule is CCCNCC(CC)(CC)CN(C)CCOCC. The zero-order valence-corrected chi connectivity index (χ0v) is 13.2. The number of hydrogen-bond donors (Lipinski definition) is 1. The molecule has 0 aliphatic carbocycles. The van der Waals surface area contributed by atoms with Gasteiger partial charge in [-0.2, -0.15) is 0 Å². The highest BCUT2D eigenvalue weighted by Gasteiger charge is 2.27. The number of hydrogen-bond acceptors (Lipinski definition) is 3. The summed E-state index contributed by atoms with van der Waals surface area (Å²) in [5, 5.41) is 3.59. The third kappa shape index (κ3) is 7.34. The molecule has 0 fully saturated rings. The average molecular weight is 258 g/mol. The summed E-state index contributed by atoms with van der Waals surface area (Å²) in [6, 6.07) is 0. The van der Waals surface area contributed by atoms with Crippen LogP contribution in [0.5, 0.6) is 0 Å². The number of nitrogens with one attached hydrogen (secondary N) is 1. The third-order valence-electron chi connectivity index (χ3n) is 3.85. The van der Waals surface area contributed by atoms with Gasteiger partial charge in [0.2, 0.25) is 0 Å². The summed E-state index contributed by atoms with van der Waals surface area (Å²) in [5.41, 5.74) is 0.413. The van der Waals surface area contributed by atoms with Gasteiger partial charge in [-0.3, -0.25) is 0 Å². The molecule has 0 spiro atoms. The summed E-state index contributed by atoms with van der Waals surface area (Å²) < 4.78 is 5.43. The fourth-order valence-electron chi connectivity index (χ4n) is 2.33. The molecular formula is C15H34N2O. The molecule has 3 heteroatoms. The zero-order chi connectivity index (χ0) is 13.9. The van der Waals surface area contributed by atoms with Crippen LogP contribution >= 0.6 is 0 Å². The van der Waals surface area contributed by atoms with Gasteiger partial charge in [-0.25, -0.2) is 0 Å². The van der Waals surface area contributed by atoms with Crippen molar-refractivity contribution in [2.45, 2.75) is 47.0 Å². The summed E-state index contributed by atoms with van der Waals surface area (Å²) in [5.74, 6) is 0. The second-order valence-corrected chi connectivity index (χ2v) is 5.32. The van der Waals surface area contributed by atoms with Crippen LogP contribution in [0, 0.1) is 5.41 Å². The molecule has 0 aromatic carbocycles. The fraction of sp³-hybridized carbons (Fsp3) is 1.00. The zero-order valence-electron chi connectivity index (χ0n) is 13.2. The van der Waals surface area contributed by atoms with Gasteiger partial charge in [-0.15, -0.1) is 0 Å². The highest BCUT2D eigenvalue weighted by Crippen LogP contribution is 2.26. The van der Waals surface area contributed by atoms with Crippen LogP contribution in [0.1, 0.15) is 47.0 Å². The van der Waals surface area contributed by atoms with Crippen molar-refractivity contribution < 1.29 is 4.74 Å². The van der Waals surface area contributed by atoms with Gasteiger partial charge in [0.15, 0.2) is 0 Å². The fourth-order valence-corrected chi connectivity index (χ4v) is 2.33. The molecule has 0 aliphatic rings. The van der Waals surface area contributed by atoms with E-state index in [2.05, 4.69) is 45.0 Å². The molecule has 0 bridgehead atoms. The molecule has 0 heterocycles. The number of likely N-dealkylation sites (N-methyl/N-ethyl adjacent to an activating group) is 1. The molecule has 1 N–H and O–H groups in total. The molecule has 3 nitrogen and oxygen atoms in total. The minimum Gasteiger partial charge on any atom is -0.380 e. The minimum atomic E-state index is 0.413. The largest absolute Gasteiger partial charge is 0.380 e. The second-order valence-electron chi connectivity index (χ2n) is 5.32. The van der Waals surface area contributed by atoms with E-state index in [9.17, 15) is 0 Å². The molecular weight excluding hydrogens is 224 g/mol. The summed E-state index contributed by atoms with van der Waals surface area (Å²) in [7, 11) is 2.21. The van der Waals surface area contributed by atoms with E-state index in [0.717, 1.165) is 39.4 Å². The third-order valence-corrected chi connectivity index (χ3v) is 3.85. The smallest absolute Gasteiger partial charge is 0.0593 e. The quantitative estimate of drug-likeness (QED) is 0.545. The van der Waals surface area contributed by atoms with E-state index in [1.165, 1.54) is 19.3 Å². The Morgan fingerprint density at radius 2 is 1.78 bits per heavy atom. The normalized spacial score (nSPS) is 12.3. The Balaban J connectivity index is 4.13. The van der Waals surface area contributed by atoms with E-state index in [1.54, 1.807) is 0 Å². The van der Waals surface area contributed by atoms with Gasteiger partial charge in [0.25, 0.3) is 0 Å². The lowest BCUT2D eigenvalue weighted by Crippen LogP contribution is -2.43. The summed E-state index contributed by atoms with van der Waals surface area (Å²) in [4.78, 5) is 2.41. The standard InChI is InChI=1S/C15H34N2O/c1-6-10-16-13-15(7-2,8-3)14-17(5)11-12-18-9-4/h16H,6-14H2,1-5H3. The van der Waals surface area contributed by atoms with Crippen molar-refractivity contribution in [1.29, 1.82) is 0 Å². The van der Waals surface area contributed by atoms with Crippen LogP contribution in [0.25, 0.3) is 0 Å². The predicted molar refractivity (Wildman–Crippen MR) is 80.2 cm³/mol. The van der Waals surface area contributed by atoms with Crippen LogP contribution in [0.3, 0.4) is 0 Å². The van der Waals surface area contributed by atoms with Gasteiger partial charge in [-0.1, -0.05) is 20.8 Å². The van der Waals surface area contributed by atoms with Crippen molar-refractivity contribution in [2.75, 3.05) is 46.4 Å². The van der Waals surface area contributed by atoms with Crippen LogP contribution in [-0.2, 0) is 4.74 Å². The molecule has 0 amide bonds. The van der Waals surface area contributed by atoms with Gasteiger partial charge in [0.1, 0.15) is 0 Å². The summed E-state index contributed by atoms with van der Waals surface area (Å²) >= 11 is 0. The van der Waals surface area contributed by atoms with E-state index in [1.807, 2.05) is 0 Å². The molecule has 0 saturated heterocycles. The molecule has 110 valence electrons. The van der Waals surface area contributed by atoms with Gasteiger partial charge < -0.3 is 15.0 Å². The molecule has 0 aliphatic heterocycles. The molecule has 0 saturated carbocycles. The monoisotopic (exact) mass is 258 g/mol. The Hall–Kier alpha value is -0.120. The molecule has 0 radical (unpaired) electrons. The minimum absolute atomic E-state index is 0.413. The maximum absolute atomic E-state index is 5.43. The predicted octanol–water partition coefficient (Wildman–Crippen LogP) is 2.76. The highest BCUT2D eigenvalue weighted by molar-refractivity contribution is 4.82. The van der Waals surface area contributed by atoms with E-state index in [-0.39, 0.29) is 0 Å². The van der Waals surface area contributed by atoms with E-state index in [4.69, 9.17) is 4.74 Å². The van der Waals surface area contributed by atoms with Crippen molar-refractivity contribution in [3.05, 3.63) is 0 Å². The second kappa shape index (κ2) is 10.8. The maximum Gasteiger partial charge on any atom is 0.0593 e. The topological polar surface area (TPSA) is 24.5 Å². The van der Waals surface area contributed by atoms with Crippen LogP contribution in [0.4, 0.5) is 0 Å². The lowest BCUT2D eigenvalue weighted by atomic mass is 9.81. The van der Waals surface area contributed by atoms with E-state index >= 15 is 0 Å². The first-order valence-corrected chi connectivity index (χ1v) is 7.61. The molecule has 18 heavy (non-hydrogen) atoms. The Bertz CT molecular complexity index is 181. The van der Waals surface area contributed by atoms with Crippen molar-refractivity contribution in [3.63, 3.8) is 0 Å².